The molecule has 0 aliphatic heterocycles. The van der Waals surface area contributed by atoms with Gasteiger partial charge in [0.05, 0.1) is 5.69 Å². The van der Waals surface area contributed by atoms with E-state index >= 15 is 0 Å². The Balaban J connectivity index is 2.20. The molecule has 0 saturated carbocycles. The van der Waals surface area contributed by atoms with Crippen molar-refractivity contribution in [3.63, 3.8) is 0 Å². The molecule has 0 atom stereocenters. The van der Waals surface area contributed by atoms with Crippen LogP contribution in [0.5, 0.6) is 11.5 Å². The Morgan fingerprint density at radius 2 is 1.67 bits per heavy atom. The van der Waals surface area contributed by atoms with E-state index in [2.05, 4.69) is 17.2 Å². The van der Waals surface area contributed by atoms with Gasteiger partial charge in [0.15, 0.2) is 5.75 Å². The molecule has 0 spiro atoms. The number of nitrogens with one attached hydrogen (secondary N) is 1. The maximum absolute atomic E-state index is 11.1. The Labute approximate surface area is 105 Å². The van der Waals surface area contributed by atoms with E-state index in [1.54, 1.807) is 18.2 Å². The van der Waals surface area contributed by atoms with Crippen molar-refractivity contribution in [3.8, 4) is 11.5 Å². The third kappa shape index (κ3) is 3.01. The minimum absolute atomic E-state index is 0.523. The second-order valence-corrected chi connectivity index (χ2v) is 3.47. The number of para-hydroxylation sites is 3. The molecule has 0 unspecified atom stereocenters. The SMILES string of the molecule is [CH2]OC(=O)Nc1ccccc1Oc1ccccc1. The van der Waals surface area contributed by atoms with E-state index in [1.807, 2.05) is 36.4 Å². The first-order chi connectivity index (χ1) is 8.79. The zero-order valence-corrected chi connectivity index (χ0v) is 9.63. The van der Waals surface area contributed by atoms with Crippen LogP contribution in [-0.2, 0) is 4.74 Å². The summed E-state index contributed by atoms with van der Waals surface area (Å²) in [6.45, 7) is 0. The van der Waals surface area contributed by atoms with Crippen LogP contribution >= 0.6 is 0 Å². The van der Waals surface area contributed by atoms with Crippen LogP contribution in [0.25, 0.3) is 0 Å². The fraction of sp³-hybridized carbons (Fsp3) is 0. The van der Waals surface area contributed by atoms with Crippen LogP contribution in [0, 0.1) is 7.11 Å². The molecule has 91 valence electrons. The lowest BCUT2D eigenvalue weighted by Gasteiger charge is -2.11. The molecule has 2 aromatic rings. The molecule has 0 aliphatic carbocycles. The zero-order valence-electron chi connectivity index (χ0n) is 9.63. The number of amides is 1. The highest BCUT2D eigenvalue weighted by molar-refractivity contribution is 5.86. The lowest BCUT2D eigenvalue weighted by Crippen LogP contribution is -2.10. The number of ether oxygens (including phenoxy) is 2. The molecule has 0 aromatic heterocycles. The summed E-state index contributed by atoms with van der Waals surface area (Å²) in [6.07, 6.45) is -0.640. The monoisotopic (exact) mass is 242 g/mol. The fourth-order valence-corrected chi connectivity index (χ4v) is 1.42. The molecule has 4 heteroatoms. The van der Waals surface area contributed by atoms with E-state index in [1.165, 1.54) is 0 Å². The Morgan fingerprint density at radius 1 is 1.00 bits per heavy atom. The van der Waals surface area contributed by atoms with Crippen LogP contribution < -0.4 is 10.1 Å². The molecular formula is C14H12NO3. The average molecular weight is 242 g/mol. The van der Waals surface area contributed by atoms with Crippen LogP contribution in [0.1, 0.15) is 0 Å². The molecule has 1 amide bonds. The van der Waals surface area contributed by atoms with Gasteiger partial charge in [-0.05, 0) is 24.3 Å². The highest BCUT2D eigenvalue weighted by Gasteiger charge is 2.07. The Morgan fingerprint density at radius 3 is 2.39 bits per heavy atom. The summed E-state index contributed by atoms with van der Waals surface area (Å²) in [7, 11) is 3.04. The van der Waals surface area contributed by atoms with Crippen molar-refractivity contribution >= 4 is 11.8 Å². The summed E-state index contributed by atoms with van der Waals surface area (Å²) in [5.41, 5.74) is 0.523. The number of hydrogen-bond acceptors (Lipinski definition) is 3. The molecule has 1 N–H and O–H groups in total. The van der Waals surface area contributed by atoms with E-state index in [0.29, 0.717) is 17.2 Å². The van der Waals surface area contributed by atoms with Gasteiger partial charge in [-0.15, -0.1) is 0 Å². The van der Waals surface area contributed by atoms with Crippen LogP contribution in [0.3, 0.4) is 0 Å². The summed E-state index contributed by atoms with van der Waals surface area (Å²) in [5.74, 6) is 1.23. The number of benzene rings is 2. The number of rotatable bonds is 3. The lowest BCUT2D eigenvalue weighted by molar-refractivity contribution is 0.199. The molecule has 2 rings (SSSR count). The molecule has 1 radical (unpaired) electrons. The van der Waals surface area contributed by atoms with Gasteiger partial charge >= 0.3 is 6.09 Å². The minimum atomic E-state index is -0.640. The van der Waals surface area contributed by atoms with Gasteiger partial charge in [0.25, 0.3) is 0 Å². The average Bonchev–Trinajstić information content (AvgIpc) is 2.42. The van der Waals surface area contributed by atoms with E-state index in [9.17, 15) is 4.79 Å². The summed E-state index contributed by atoms with van der Waals surface area (Å²) in [4.78, 5) is 11.1. The van der Waals surface area contributed by atoms with Crippen molar-refractivity contribution in [2.75, 3.05) is 5.32 Å². The van der Waals surface area contributed by atoms with E-state index in [0.717, 1.165) is 0 Å². The van der Waals surface area contributed by atoms with Crippen molar-refractivity contribution in [1.82, 2.24) is 0 Å². The van der Waals surface area contributed by atoms with Crippen molar-refractivity contribution < 1.29 is 14.3 Å². The quantitative estimate of drug-likeness (QED) is 0.890. The Bertz CT molecular complexity index is 526. The molecular weight excluding hydrogens is 230 g/mol. The molecule has 0 aliphatic rings. The maximum Gasteiger partial charge on any atom is 0.411 e. The second-order valence-electron chi connectivity index (χ2n) is 3.47. The van der Waals surface area contributed by atoms with Crippen LogP contribution in [0.4, 0.5) is 10.5 Å². The van der Waals surface area contributed by atoms with E-state index in [4.69, 9.17) is 4.74 Å². The van der Waals surface area contributed by atoms with Crippen LogP contribution in [0.15, 0.2) is 54.6 Å². The summed E-state index contributed by atoms with van der Waals surface area (Å²) < 4.78 is 9.97. The third-order valence-electron chi connectivity index (χ3n) is 2.23. The van der Waals surface area contributed by atoms with Gasteiger partial charge in [0.1, 0.15) is 12.9 Å². The third-order valence-corrected chi connectivity index (χ3v) is 2.23. The predicted molar refractivity (Wildman–Crippen MR) is 68.4 cm³/mol. The number of carbonyl (C=O) groups excluding carboxylic acids is 1. The highest BCUT2D eigenvalue weighted by atomic mass is 16.5. The molecule has 18 heavy (non-hydrogen) atoms. The molecule has 0 saturated heterocycles. The first kappa shape index (κ1) is 12.0. The van der Waals surface area contributed by atoms with E-state index in [-0.39, 0.29) is 0 Å². The standard InChI is InChI=1S/C14H12NO3/c1-17-14(16)15-12-9-5-6-10-13(12)18-11-7-3-2-4-8-11/h2-10H,1H2,(H,15,16). The van der Waals surface area contributed by atoms with Gasteiger partial charge in [-0.1, -0.05) is 30.3 Å². The molecule has 0 heterocycles. The maximum atomic E-state index is 11.1. The Kier molecular flexibility index (Phi) is 3.81. The van der Waals surface area contributed by atoms with Gasteiger partial charge < -0.3 is 9.47 Å². The van der Waals surface area contributed by atoms with Crippen molar-refractivity contribution in [3.05, 3.63) is 61.7 Å². The topological polar surface area (TPSA) is 47.6 Å². The van der Waals surface area contributed by atoms with Gasteiger partial charge in [0, 0.05) is 0 Å². The smallest absolute Gasteiger partial charge is 0.411 e. The number of carbonyl (C=O) groups is 1. The molecule has 2 aromatic carbocycles. The summed E-state index contributed by atoms with van der Waals surface area (Å²) in [5, 5.41) is 2.53. The normalized spacial score (nSPS) is 9.61. The predicted octanol–water partition coefficient (Wildman–Crippen LogP) is 3.82. The second kappa shape index (κ2) is 5.72. The molecule has 0 fully saturated rings. The van der Waals surface area contributed by atoms with Crippen molar-refractivity contribution in [2.24, 2.45) is 0 Å². The van der Waals surface area contributed by atoms with Crippen LogP contribution in [0.2, 0.25) is 0 Å². The molecule has 0 bridgehead atoms. The largest absolute Gasteiger partial charge is 0.455 e. The van der Waals surface area contributed by atoms with Crippen molar-refractivity contribution in [2.45, 2.75) is 0 Å². The highest BCUT2D eigenvalue weighted by Crippen LogP contribution is 2.29. The van der Waals surface area contributed by atoms with E-state index < -0.39 is 6.09 Å². The molecule has 4 nitrogen and oxygen atoms in total. The van der Waals surface area contributed by atoms with Gasteiger partial charge in [-0.2, -0.15) is 0 Å². The number of hydrogen-bond donors (Lipinski definition) is 1. The number of anilines is 1. The summed E-state index contributed by atoms with van der Waals surface area (Å²) >= 11 is 0. The van der Waals surface area contributed by atoms with Gasteiger partial charge in [0.2, 0.25) is 0 Å². The zero-order chi connectivity index (χ0) is 12.8. The first-order valence-electron chi connectivity index (χ1n) is 5.34. The lowest BCUT2D eigenvalue weighted by atomic mass is 10.3. The van der Waals surface area contributed by atoms with Gasteiger partial charge in [-0.25, -0.2) is 4.79 Å². The summed E-state index contributed by atoms with van der Waals surface area (Å²) in [6, 6.07) is 16.4. The van der Waals surface area contributed by atoms with Gasteiger partial charge in [-0.3, -0.25) is 5.32 Å². The van der Waals surface area contributed by atoms with Crippen molar-refractivity contribution in [1.29, 1.82) is 0 Å². The minimum Gasteiger partial charge on any atom is -0.455 e. The van der Waals surface area contributed by atoms with Crippen LogP contribution in [-0.4, -0.2) is 6.09 Å². The fourth-order valence-electron chi connectivity index (χ4n) is 1.42. The first-order valence-corrected chi connectivity index (χ1v) is 5.34. The Hall–Kier alpha value is -2.49.